The Hall–Kier alpha value is -2.28. The molecule has 0 aromatic heterocycles. The second kappa shape index (κ2) is 5.38. The summed E-state index contributed by atoms with van der Waals surface area (Å²) in [4.78, 5) is 20.9. The van der Waals surface area contributed by atoms with Crippen molar-refractivity contribution >= 4 is 11.9 Å². The lowest BCUT2D eigenvalue weighted by molar-refractivity contribution is 0.0651. The van der Waals surface area contributed by atoms with E-state index >= 15 is 0 Å². The molecule has 0 bridgehead atoms. The third-order valence-corrected chi connectivity index (χ3v) is 1.39. The van der Waals surface area contributed by atoms with E-state index < -0.39 is 11.9 Å². The van der Waals surface area contributed by atoms with Gasteiger partial charge in [0.05, 0.1) is 11.1 Å². The van der Waals surface area contributed by atoms with Gasteiger partial charge in [-0.2, -0.15) is 0 Å². The van der Waals surface area contributed by atoms with E-state index in [1.54, 1.807) is 0 Å². The van der Waals surface area contributed by atoms with Crippen LogP contribution >= 0.6 is 0 Å². The zero-order valence-corrected chi connectivity index (χ0v) is 7.18. The molecule has 0 aliphatic carbocycles. The van der Waals surface area contributed by atoms with Crippen LogP contribution in [0.15, 0.2) is 24.3 Å². The molecule has 1 aromatic carbocycles. The standard InChI is InChI=1S/C8H6O4.C2H2/c9-7(10)5-3-1-2-4-6(5)8(11)12;1-2/h1-4H,(H,9,10)(H,11,12);1-2H. The van der Waals surface area contributed by atoms with Crippen LogP contribution in [0.3, 0.4) is 0 Å². The van der Waals surface area contributed by atoms with Crippen LogP contribution in [0.25, 0.3) is 0 Å². The summed E-state index contributed by atoms with van der Waals surface area (Å²) in [6.07, 6.45) is 8.00. The fourth-order valence-corrected chi connectivity index (χ4v) is 0.856. The minimum atomic E-state index is -1.23. The van der Waals surface area contributed by atoms with E-state index in [2.05, 4.69) is 12.8 Å². The van der Waals surface area contributed by atoms with E-state index in [1.807, 2.05) is 0 Å². The second-order valence-corrected chi connectivity index (χ2v) is 2.16. The summed E-state index contributed by atoms with van der Waals surface area (Å²) in [6, 6.07) is 5.48. The van der Waals surface area contributed by atoms with Crippen molar-refractivity contribution in [2.45, 2.75) is 0 Å². The molecule has 0 amide bonds. The van der Waals surface area contributed by atoms with Crippen molar-refractivity contribution in [2.75, 3.05) is 0 Å². The van der Waals surface area contributed by atoms with Gasteiger partial charge in [-0.3, -0.25) is 0 Å². The molecule has 0 saturated carbocycles. The highest BCUT2D eigenvalue weighted by molar-refractivity contribution is 6.01. The lowest BCUT2D eigenvalue weighted by Gasteiger charge is -1.98. The van der Waals surface area contributed by atoms with E-state index in [-0.39, 0.29) is 11.1 Å². The van der Waals surface area contributed by atoms with Gasteiger partial charge in [0, 0.05) is 0 Å². The Morgan fingerprint density at radius 2 is 1.21 bits per heavy atom. The number of terminal acetylenes is 1. The maximum absolute atomic E-state index is 10.5. The molecule has 72 valence electrons. The van der Waals surface area contributed by atoms with Crippen molar-refractivity contribution in [1.29, 1.82) is 0 Å². The van der Waals surface area contributed by atoms with Gasteiger partial charge < -0.3 is 10.2 Å². The first-order valence-corrected chi connectivity index (χ1v) is 3.52. The number of hydrogen-bond acceptors (Lipinski definition) is 2. The van der Waals surface area contributed by atoms with Crippen LogP contribution in [-0.4, -0.2) is 22.2 Å². The fourth-order valence-electron chi connectivity index (χ4n) is 0.856. The molecule has 0 spiro atoms. The van der Waals surface area contributed by atoms with E-state index in [1.165, 1.54) is 24.3 Å². The van der Waals surface area contributed by atoms with E-state index in [0.29, 0.717) is 0 Å². The maximum atomic E-state index is 10.5. The number of aromatic carboxylic acids is 2. The molecule has 0 fully saturated rings. The Morgan fingerprint density at radius 1 is 0.929 bits per heavy atom. The Morgan fingerprint density at radius 3 is 1.43 bits per heavy atom. The van der Waals surface area contributed by atoms with Gasteiger partial charge in [0.2, 0.25) is 0 Å². The molecule has 14 heavy (non-hydrogen) atoms. The molecule has 0 radical (unpaired) electrons. The Bertz CT molecular complexity index is 332. The van der Waals surface area contributed by atoms with Crippen molar-refractivity contribution in [1.82, 2.24) is 0 Å². The number of carboxylic acid groups (broad SMARTS) is 2. The summed E-state index contributed by atoms with van der Waals surface area (Å²) in [5.74, 6) is -2.46. The van der Waals surface area contributed by atoms with Gasteiger partial charge in [0.15, 0.2) is 0 Å². The molecule has 2 N–H and O–H groups in total. The Balaban J connectivity index is 0.000000791. The highest BCUT2D eigenvalue weighted by atomic mass is 16.4. The summed E-state index contributed by atoms with van der Waals surface area (Å²) in [6.45, 7) is 0. The first-order chi connectivity index (χ1) is 6.63. The van der Waals surface area contributed by atoms with Crippen molar-refractivity contribution in [3.8, 4) is 12.8 Å². The van der Waals surface area contributed by atoms with Crippen LogP contribution in [0.2, 0.25) is 0 Å². The third-order valence-electron chi connectivity index (χ3n) is 1.39. The largest absolute Gasteiger partial charge is 0.478 e. The second-order valence-electron chi connectivity index (χ2n) is 2.16. The molecule has 0 aliphatic heterocycles. The minimum absolute atomic E-state index is 0.190. The van der Waals surface area contributed by atoms with Gasteiger partial charge in [-0.25, -0.2) is 9.59 Å². The summed E-state index contributed by atoms with van der Waals surface area (Å²) < 4.78 is 0. The van der Waals surface area contributed by atoms with Crippen LogP contribution in [0.4, 0.5) is 0 Å². The average Bonchev–Trinajstić information content (AvgIpc) is 2.20. The van der Waals surface area contributed by atoms with Gasteiger partial charge in [-0.05, 0) is 12.1 Å². The van der Waals surface area contributed by atoms with Gasteiger partial charge in [-0.15, -0.1) is 12.8 Å². The summed E-state index contributed by atoms with van der Waals surface area (Å²) in [5, 5.41) is 17.1. The fraction of sp³-hybridized carbons (Fsp3) is 0. The number of benzene rings is 1. The van der Waals surface area contributed by atoms with E-state index in [4.69, 9.17) is 10.2 Å². The molecule has 1 aromatic rings. The Labute approximate surface area is 80.8 Å². The third kappa shape index (κ3) is 2.64. The molecule has 0 heterocycles. The smallest absolute Gasteiger partial charge is 0.336 e. The Kier molecular flexibility index (Phi) is 4.50. The predicted molar refractivity (Wildman–Crippen MR) is 50.3 cm³/mol. The predicted octanol–water partition coefficient (Wildman–Crippen LogP) is 1.33. The quantitative estimate of drug-likeness (QED) is 0.693. The highest BCUT2D eigenvalue weighted by Gasteiger charge is 2.13. The maximum Gasteiger partial charge on any atom is 0.336 e. The van der Waals surface area contributed by atoms with Crippen LogP contribution in [-0.2, 0) is 0 Å². The molecule has 4 heteroatoms. The zero-order chi connectivity index (χ0) is 11.1. The summed E-state index contributed by atoms with van der Waals surface area (Å²) >= 11 is 0. The number of carbonyl (C=O) groups is 2. The number of carboxylic acids is 2. The normalized spacial score (nSPS) is 8.14. The number of rotatable bonds is 2. The minimum Gasteiger partial charge on any atom is -0.478 e. The molecule has 1 rings (SSSR count). The molecule has 0 unspecified atom stereocenters. The SMILES string of the molecule is C#C.O=C(O)c1ccccc1C(=O)O. The average molecular weight is 192 g/mol. The molecule has 0 saturated heterocycles. The molecular formula is C10H8O4. The highest BCUT2D eigenvalue weighted by Crippen LogP contribution is 2.07. The van der Waals surface area contributed by atoms with Crippen LogP contribution < -0.4 is 0 Å². The molecule has 0 atom stereocenters. The van der Waals surface area contributed by atoms with Crippen molar-refractivity contribution in [3.63, 3.8) is 0 Å². The van der Waals surface area contributed by atoms with Gasteiger partial charge in [-0.1, -0.05) is 12.1 Å². The lowest BCUT2D eigenvalue weighted by atomic mass is 10.1. The van der Waals surface area contributed by atoms with Crippen molar-refractivity contribution < 1.29 is 19.8 Å². The van der Waals surface area contributed by atoms with Gasteiger partial charge in [0.1, 0.15) is 0 Å². The number of hydrogen-bond donors (Lipinski definition) is 2. The monoisotopic (exact) mass is 192 g/mol. The van der Waals surface area contributed by atoms with E-state index in [9.17, 15) is 9.59 Å². The van der Waals surface area contributed by atoms with Crippen molar-refractivity contribution in [2.24, 2.45) is 0 Å². The summed E-state index contributed by atoms with van der Waals surface area (Å²) in [5.41, 5.74) is -0.380. The van der Waals surface area contributed by atoms with Crippen LogP contribution in [0, 0.1) is 12.8 Å². The summed E-state index contributed by atoms with van der Waals surface area (Å²) in [7, 11) is 0. The molecule has 0 aliphatic rings. The van der Waals surface area contributed by atoms with Crippen molar-refractivity contribution in [3.05, 3.63) is 35.4 Å². The molecular weight excluding hydrogens is 184 g/mol. The topological polar surface area (TPSA) is 74.6 Å². The van der Waals surface area contributed by atoms with Gasteiger partial charge >= 0.3 is 11.9 Å². The lowest BCUT2D eigenvalue weighted by Crippen LogP contribution is -2.06. The van der Waals surface area contributed by atoms with E-state index in [0.717, 1.165) is 0 Å². The molecule has 4 nitrogen and oxygen atoms in total. The first-order valence-electron chi connectivity index (χ1n) is 3.52. The van der Waals surface area contributed by atoms with Crippen LogP contribution in [0.5, 0.6) is 0 Å². The zero-order valence-electron chi connectivity index (χ0n) is 7.18. The van der Waals surface area contributed by atoms with Gasteiger partial charge in [0.25, 0.3) is 0 Å². The first kappa shape index (κ1) is 11.7. The van der Waals surface area contributed by atoms with Crippen LogP contribution in [0.1, 0.15) is 20.7 Å².